The van der Waals surface area contributed by atoms with Gasteiger partial charge in [-0.2, -0.15) is 0 Å². The molecule has 1 unspecified atom stereocenters. The van der Waals surface area contributed by atoms with Crippen molar-refractivity contribution in [3.05, 3.63) is 0 Å². The first-order valence-electron chi connectivity index (χ1n) is 4.25. The van der Waals surface area contributed by atoms with Gasteiger partial charge in [0.05, 0.1) is 6.61 Å². The highest BCUT2D eigenvalue weighted by Crippen LogP contribution is 2.11. The van der Waals surface area contributed by atoms with Gasteiger partial charge >= 0.3 is 0 Å². The van der Waals surface area contributed by atoms with Crippen LogP contribution in [0.15, 0.2) is 4.99 Å². The smallest absolute Gasteiger partial charge is 0.190 e. The number of guanidine groups is 1. The lowest BCUT2D eigenvalue weighted by atomic mass is 10.1. The quantitative estimate of drug-likeness (QED) is 0.459. The van der Waals surface area contributed by atoms with Gasteiger partial charge in [0.25, 0.3) is 0 Å². The second-order valence-electron chi connectivity index (χ2n) is 3.32. The Bertz CT molecular complexity index is 167. The highest BCUT2D eigenvalue weighted by molar-refractivity contribution is 14.0. The number of nitrogens with zero attached hydrogens (tertiary/aromatic N) is 2. The summed E-state index contributed by atoms with van der Waals surface area (Å²) in [6, 6.07) is 0. The number of aliphatic imine (C=N–C) groups is 1. The van der Waals surface area contributed by atoms with Gasteiger partial charge in [0.15, 0.2) is 5.96 Å². The molecule has 1 rings (SSSR count). The molecule has 5 heteroatoms. The number of ether oxygens (including phenoxy) is 1. The van der Waals surface area contributed by atoms with Crippen molar-refractivity contribution in [3.63, 3.8) is 0 Å². The summed E-state index contributed by atoms with van der Waals surface area (Å²) in [7, 11) is 3.79. The molecule has 1 aliphatic rings. The van der Waals surface area contributed by atoms with Crippen LogP contribution in [0.4, 0.5) is 0 Å². The predicted molar refractivity (Wildman–Crippen MR) is 64.5 cm³/mol. The molecule has 1 saturated heterocycles. The first-order valence-corrected chi connectivity index (χ1v) is 4.25. The molecule has 4 nitrogen and oxygen atoms in total. The zero-order valence-corrected chi connectivity index (χ0v) is 10.5. The number of nitrogens with two attached hydrogens (primary N) is 1. The Labute approximate surface area is 96.5 Å². The van der Waals surface area contributed by atoms with Crippen LogP contribution in [0, 0.1) is 5.92 Å². The molecular formula is C8H18IN3O. The minimum atomic E-state index is 0. The molecule has 0 amide bonds. The second kappa shape index (κ2) is 6.42. The van der Waals surface area contributed by atoms with Crippen molar-refractivity contribution in [3.8, 4) is 0 Å². The number of hydrogen-bond donors (Lipinski definition) is 1. The lowest BCUT2D eigenvalue weighted by Crippen LogP contribution is -2.31. The standard InChI is InChI=1S/C8H17N3O.HI/c1-11(2)8(9)10-5-7-3-4-12-6-7;/h7H,3-6H2,1-2H3,(H2,9,10);1H. The highest BCUT2D eigenvalue weighted by atomic mass is 127. The molecular weight excluding hydrogens is 281 g/mol. The SMILES string of the molecule is CN(C)C(N)=NCC1CCOC1.I. The maximum absolute atomic E-state index is 5.63. The maximum Gasteiger partial charge on any atom is 0.190 e. The summed E-state index contributed by atoms with van der Waals surface area (Å²) in [6.45, 7) is 2.51. The summed E-state index contributed by atoms with van der Waals surface area (Å²) in [5.41, 5.74) is 5.63. The normalized spacial score (nSPS) is 22.6. The fourth-order valence-electron chi connectivity index (χ4n) is 1.09. The van der Waals surface area contributed by atoms with Crippen LogP contribution < -0.4 is 5.73 Å². The summed E-state index contributed by atoms with van der Waals surface area (Å²) < 4.78 is 5.23. The van der Waals surface area contributed by atoms with Crippen molar-refractivity contribution in [1.29, 1.82) is 0 Å². The molecule has 0 saturated carbocycles. The van der Waals surface area contributed by atoms with Crippen LogP contribution in [0.1, 0.15) is 6.42 Å². The van der Waals surface area contributed by atoms with Crippen LogP contribution >= 0.6 is 24.0 Å². The van der Waals surface area contributed by atoms with Crippen LogP contribution in [-0.2, 0) is 4.74 Å². The number of hydrogen-bond acceptors (Lipinski definition) is 2. The van der Waals surface area contributed by atoms with E-state index in [2.05, 4.69) is 4.99 Å². The average molecular weight is 299 g/mol. The van der Waals surface area contributed by atoms with E-state index in [-0.39, 0.29) is 24.0 Å². The van der Waals surface area contributed by atoms with Crippen LogP contribution in [0.3, 0.4) is 0 Å². The molecule has 2 N–H and O–H groups in total. The molecule has 13 heavy (non-hydrogen) atoms. The van der Waals surface area contributed by atoms with Gasteiger partial charge in [0.2, 0.25) is 0 Å². The molecule has 0 aromatic carbocycles. The number of rotatable bonds is 2. The van der Waals surface area contributed by atoms with Gasteiger partial charge in [-0.3, -0.25) is 4.99 Å². The summed E-state index contributed by atoms with van der Waals surface area (Å²) >= 11 is 0. The van der Waals surface area contributed by atoms with Crippen LogP contribution in [0.5, 0.6) is 0 Å². The molecule has 0 aliphatic carbocycles. The van der Waals surface area contributed by atoms with Crippen molar-refractivity contribution in [2.75, 3.05) is 33.9 Å². The zero-order valence-electron chi connectivity index (χ0n) is 8.19. The third-order valence-corrected chi connectivity index (χ3v) is 1.99. The van der Waals surface area contributed by atoms with Gasteiger partial charge in [0.1, 0.15) is 0 Å². The van der Waals surface area contributed by atoms with E-state index in [4.69, 9.17) is 10.5 Å². The van der Waals surface area contributed by atoms with Gasteiger partial charge in [-0.05, 0) is 6.42 Å². The molecule has 0 aromatic heterocycles. The first-order chi connectivity index (χ1) is 5.70. The van der Waals surface area contributed by atoms with Crippen molar-refractivity contribution in [2.45, 2.75) is 6.42 Å². The Balaban J connectivity index is 0.00000144. The monoisotopic (exact) mass is 299 g/mol. The van der Waals surface area contributed by atoms with E-state index in [1.54, 1.807) is 0 Å². The Morgan fingerprint density at radius 3 is 2.77 bits per heavy atom. The van der Waals surface area contributed by atoms with Crippen LogP contribution in [0.2, 0.25) is 0 Å². The Morgan fingerprint density at radius 1 is 1.62 bits per heavy atom. The van der Waals surface area contributed by atoms with Crippen molar-refractivity contribution < 1.29 is 4.74 Å². The van der Waals surface area contributed by atoms with Gasteiger partial charge in [-0.1, -0.05) is 0 Å². The molecule has 78 valence electrons. The largest absolute Gasteiger partial charge is 0.381 e. The molecule has 1 fully saturated rings. The lowest BCUT2D eigenvalue weighted by Gasteiger charge is -2.11. The van der Waals surface area contributed by atoms with E-state index >= 15 is 0 Å². The fraction of sp³-hybridized carbons (Fsp3) is 0.875. The molecule has 0 bridgehead atoms. The van der Waals surface area contributed by atoms with Crippen molar-refractivity contribution in [1.82, 2.24) is 4.90 Å². The first kappa shape index (κ1) is 13.0. The average Bonchev–Trinajstić information content (AvgIpc) is 2.51. The van der Waals surface area contributed by atoms with Gasteiger partial charge < -0.3 is 15.4 Å². The van der Waals surface area contributed by atoms with E-state index in [1.807, 2.05) is 19.0 Å². The molecule has 1 aliphatic heterocycles. The third-order valence-electron chi connectivity index (χ3n) is 1.99. The summed E-state index contributed by atoms with van der Waals surface area (Å²) in [5.74, 6) is 1.17. The highest BCUT2D eigenvalue weighted by Gasteiger charge is 2.14. The Morgan fingerprint density at radius 2 is 2.31 bits per heavy atom. The molecule has 0 aromatic rings. The van der Waals surface area contributed by atoms with E-state index in [0.29, 0.717) is 11.9 Å². The second-order valence-corrected chi connectivity index (χ2v) is 3.32. The predicted octanol–water partition coefficient (Wildman–Crippen LogP) is 0.517. The summed E-state index contributed by atoms with van der Waals surface area (Å²) in [4.78, 5) is 6.06. The zero-order chi connectivity index (χ0) is 8.97. The Hall–Kier alpha value is -0.0400. The molecule has 1 heterocycles. The minimum Gasteiger partial charge on any atom is -0.381 e. The lowest BCUT2D eigenvalue weighted by molar-refractivity contribution is 0.187. The van der Waals surface area contributed by atoms with Gasteiger partial charge in [0, 0.05) is 33.2 Å². The summed E-state index contributed by atoms with van der Waals surface area (Å²) in [6.07, 6.45) is 1.12. The third kappa shape index (κ3) is 4.66. The molecule has 1 atom stereocenters. The van der Waals surface area contributed by atoms with E-state index in [9.17, 15) is 0 Å². The maximum atomic E-state index is 5.63. The summed E-state index contributed by atoms with van der Waals surface area (Å²) in [5, 5.41) is 0. The molecule has 0 radical (unpaired) electrons. The number of halogens is 1. The van der Waals surface area contributed by atoms with E-state index < -0.39 is 0 Å². The van der Waals surface area contributed by atoms with E-state index in [0.717, 1.165) is 26.2 Å². The van der Waals surface area contributed by atoms with Crippen LogP contribution in [-0.4, -0.2) is 44.7 Å². The topological polar surface area (TPSA) is 50.8 Å². The van der Waals surface area contributed by atoms with Crippen LogP contribution in [0.25, 0.3) is 0 Å². The Kier molecular flexibility index (Phi) is 6.40. The van der Waals surface area contributed by atoms with E-state index in [1.165, 1.54) is 0 Å². The van der Waals surface area contributed by atoms with Gasteiger partial charge in [-0.15, -0.1) is 24.0 Å². The molecule has 0 spiro atoms. The van der Waals surface area contributed by atoms with Crippen molar-refractivity contribution >= 4 is 29.9 Å². The minimum absolute atomic E-state index is 0. The fourth-order valence-corrected chi connectivity index (χ4v) is 1.09. The van der Waals surface area contributed by atoms with Crippen molar-refractivity contribution in [2.24, 2.45) is 16.6 Å². The van der Waals surface area contributed by atoms with Gasteiger partial charge in [-0.25, -0.2) is 0 Å².